The zero-order valence-electron chi connectivity index (χ0n) is 15.2. The third-order valence-electron chi connectivity index (χ3n) is 4.87. The Balaban J connectivity index is 1.59. The molecular weight excluding hydrogens is 336 g/mol. The van der Waals surface area contributed by atoms with Gasteiger partial charge in [0.25, 0.3) is 0 Å². The minimum absolute atomic E-state index is 0.0271. The van der Waals surface area contributed by atoms with Gasteiger partial charge in [-0.2, -0.15) is 0 Å². The molecular formula is C18H24N4O4. The lowest BCUT2D eigenvalue weighted by molar-refractivity contribution is -0.138. The average Bonchev–Trinajstić information content (AvgIpc) is 3.02. The van der Waals surface area contributed by atoms with E-state index in [0.717, 1.165) is 0 Å². The van der Waals surface area contributed by atoms with E-state index in [0.29, 0.717) is 50.7 Å². The van der Waals surface area contributed by atoms with Gasteiger partial charge >= 0.3 is 6.03 Å². The zero-order chi connectivity index (χ0) is 18.7. The summed E-state index contributed by atoms with van der Waals surface area (Å²) in [6, 6.07) is 7.16. The highest BCUT2D eigenvalue weighted by Crippen LogP contribution is 2.30. The van der Waals surface area contributed by atoms with Crippen molar-refractivity contribution in [1.82, 2.24) is 14.7 Å². The topological polar surface area (TPSA) is 73.4 Å². The molecule has 0 atom stereocenters. The van der Waals surface area contributed by atoms with Crippen molar-refractivity contribution < 1.29 is 19.1 Å². The molecule has 4 amide bonds. The Kier molecular flexibility index (Phi) is 5.29. The molecule has 0 aliphatic carbocycles. The van der Waals surface area contributed by atoms with Crippen LogP contribution in [-0.2, 0) is 9.59 Å². The molecule has 8 heteroatoms. The van der Waals surface area contributed by atoms with Gasteiger partial charge in [0.2, 0.25) is 11.8 Å². The number of urea groups is 1. The van der Waals surface area contributed by atoms with Crippen molar-refractivity contribution in [3.63, 3.8) is 0 Å². The first-order chi connectivity index (χ1) is 12.5. The van der Waals surface area contributed by atoms with E-state index < -0.39 is 0 Å². The summed E-state index contributed by atoms with van der Waals surface area (Å²) in [6.45, 7) is 4.72. The number of anilines is 1. The number of nitrogens with zero attached hydrogens (tertiary/aromatic N) is 4. The molecule has 2 aliphatic rings. The van der Waals surface area contributed by atoms with E-state index in [1.807, 2.05) is 24.3 Å². The van der Waals surface area contributed by atoms with Crippen molar-refractivity contribution in [1.29, 1.82) is 0 Å². The molecule has 2 saturated heterocycles. The lowest BCUT2D eigenvalue weighted by Crippen LogP contribution is -2.52. The van der Waals surface area contributed by atoms with Crippen molar-refractivity contribution in [2.75, 3.05) is 57.8 Å². The van der Waals surface area contributed by atoms with Gasteiger partial charge in [-0.05, 0) is 12.1 Å². The van der Waals surface area contributed by atoms with Gasteiger partial charge in [-0.1, -0.05) is 12.1 Å². The van der Waals surface area contributed by atoms with Gasteiger partial charge < -0.3 is 19.4 Å². The number of hydrogen-bond donors (Lipinski definition) is 0. The minimum atomic E-state index is -0.190. The number of carbonyl (C=O) groups excluding carboxylic acids is 3. The Hall–Kier alpha value is -2.77. The average molecular weight is 360 g/mol. The van der Waals surface area contributed by atoms with Crippen LogP contribution in [0.4, 0.5) is 10.5 Å². The summed E-state index contributed by atoms with van der Waals surface area (Å²) in [4.78, 5) is 43.3. The zero-order valence-corrected chi connectivity index (χ0v) is 15.2. The summed E-state index contributed by atoms with van der Waals surface area (Å²) >= 11 is 0. The second-order valence-corrected chi connectivity index (χ2v) is 6.41. The number of para-hydroxylation sites is 2. The molecule has 2 fully saturated rings. The predicted octanol–water partition coefficient (Wildman–Crippen LogP) is 0.628. The molecule has 8 nitrogen and oxygen atoms in total. The number of ether oxygens (including phenoxy) is 1. The molecule has 2 heterocycles. The smallest absolute Gasteiger partial charge is 0.325 e. The Labute approximate surface area is 152 Å². The van der Waals surface area contributed by atoms with Crippen LogP contribution in [0.1, 0.15) is 6.92 Å². The predicted molar refractivity (Wildman–Crippen MR) is 96.1 cm³/mol. The third-order valence-corrected chi connectivity index (χ3v) is 4.87. The Bertz CT molecular complexity index is 700. The minimum Gasteiger partial charge on any atom is -0.495 e. The van der Waals surface area contributed by atoms with Gasteiger partial charge in [-0.3, -0.25) is 14.5 Å². The van der Waals surface area contributed by atoms with Crippen LogP contribution in [0.25, 0.3) is 0 Å². The fourth-order valence-electron chi connectivity index (χ4n) is 3.34. The molecule has 0 spiro atoms. The quantitative estimate of drug-likeness (QED) is 0.789. The Morgan fingerprint density at radius 3 is 2.31 bits per heavy atom. The summed E-state index contributed by atoms with van der Waals surface area (Å²) in [7, 11) is 1.57. The first kappa shape index (κ1) is 18.0. The summed E-state index contributed by atoms with van der Waals surface area (Å²) in [5, 5.41) is 0. The Morgan fingerprint density at radius 2 is 1.65 bits per heavy atom. The lowest BCUT2D eigenvalue weighted by Gasteiger charge is -2.35. The molecule has 26 heavy (non-hydrogen) atoms. The van der Waals surface area contributed by atoms with E-state index >= 15 is 0 Å². The van der Waals surface area contributed by atoms with Crippen molar-refractivity contribution in [3.05, 3.63) is 24.3 Å². The first-order valence-corrected chi connectivity index (χ1v) is 8.74. The molecule has 0 saturated carbocycles. The van der Waals surface area contributed by atoms with Gasteiger partial charge in [0.15, 0.2) is 0 Å². The van der Waals surface area contributed by atoms with E-state index in [-0.39, 0.29) is 24.4 Å². The standard InChI is InChI=1S/C18H24N4O4/c1-14(23)19-7-9-20(10-8-19)17(24)13-21-11-12-22(18(21)25)15-5-3-4-6-16(15)26-2/h3-6H,7-13H2,1-2H3. The summed E-state index contributed by atoms with van der Waals surface area (Å²) in [5.74, 6) is 0.581. The van der Waals surface area contributed by atoms with Crippen molar-refractivity contribution in [3.8, 4) is 5.75 Å². The molecule has 140 valence electrons. The summed E-state index contributed by atoms with van der Waals surface area (Å²) in [6.07, 6.45) is 0. The highest BCUT2D eigenvalue weighted by atomic mass is 16.5. The number of methoxy groups -OCH3 is 1. The highest BCUT2D eigenvalue weighted by Gasteiger charge is 2.33. The van der Waals surface area contributed by atoms with Crippen LogP contribution in [0, 0.1) is 0 Å². The van der Waals surface area contributed by atoms with Crippen molar-refractivity contribution in [2.24, 2.45) is 0 Å². The lowest BCUT2D eigenvalue weighted by atomic mass is 10.2. The third kappa shape index (κ3) is 3.58. The molecule has 3 rings (SSSR count). The molecule has 0 radical (unpaired) electrons. The number of amides is 4. The number of carbonyl (C=O) groups is 3. The van der Waals surface area contributed by atoms with Crippen LogP contribution < -0.4 is 9.64 Å². The second kappa shape index (κ2) is 7.63. The molecule has 0 N–H and O–H groups in total. The fraction of sp³-hybridized carbons (Fsp3) is 0.500. The van der Waals surface area contributed by atoms with Crippen LogP contribution in [0.15, 0.2) is 24.3 Å². The van der Waals surface area contributed by atoms with E-state index in [9.17, 15) is 14.4 Å². The SMILES string of the molecule is COc1ccccc1N1CCN(CC(=O)N2CCN(C(C)=O)CC2)C1=O. The number of benzene rings is 1. The Morgan fingerprint density at radius 1 is 1.00 bits per heavy atom. The van der Waals surface area contributed by atoms with Crippen LogP contribution in [0.2, 0.25) is 0 Å². The molecule has 0 unspecified atom stereocenters. The molecule has 0 bridgehead atoms. The fourth-order valence-corrected chi connectivity index (χ4v) is 3.34. The van der Waals surface area contributed by atoms with Gasteiger partial charge in [0, 0.05) is 46.2 Å². The molecule has 1 aromatic rings. The van der Waals surface area contributed by atoms with Crippen molar-refractivity contribution in [2.45, 2.75) is 6.92 Å². The van der Waals surface area contributed by atoms with Gasteiger partial charge in [-0.15, -0.1) is 0 Å². The first-order valence-electron chi connectivity index (χ1n) is 8.74. The van der Waals surface area contributed by atoms with Gasteiger partial charge in [-0.25, -0.2) is 4.79 Å². The van der Waals surface area contributed by atoms with Crippen molar-refractivity contribution >= 4 is 23.5 Å². The molecule has 0 aromatic heterocycles. The molecule has 1 aromatic carbocycles. The largest absolute Gasteiger partial charge is 0.495 e. The monoisotopic (exact) mass is 360 g/mol. The van der Waals surface area contributed by atoms with Crippen LogP contribution >= 0.6 is 0 Å². The maximum atomic E-state index is 12.7. The second-order valence-electron chi connectivity index (χ2n) is 6.41. The van der Waals surface area contributed by atoms with Crippen LogP contribution in [-0.4, -0.2) is 85.5 Å². The van der Waals surface area contributed by atoms with Gasteiger partial charge in [0.05, 0.1) is 12.8 Å². The number of piperazine rings is 1. The number of rotatable bonds is 4. The normalized spacial score (nSPS) is 17.7. The highest BCUT2D eigenvalue weighted by molar-refractivity contribution is 5.97. The van der Waals surface area contributed by atoms with E-state index in [4.69, 9.17) is 4.74 Å². The van der Waals surface area contributed by atoms with Crippen LogP contribution in [0.3, 0.4) is 0 Å². The maximum absolute atomic E-state index is 12.7. The number of hydrogen-bond acceptors (Lipinski definition) is 4. The van der Waals surface area contributed by atoms with E-state index in [1.54, 1.807) is 26.7 Å². The van der Waals surface area contributed by atoms with E-state index in [2.05, 4.69) is 0 Å². The summed E-state index contributed by atoms with van der Waals surface area (Å²) < 4.78 is 5.33. The van der Waals surface area contributed by atoms with Crippen LogP contribution in [0.5, 0.6) is 5.75 Å². The molecule has 2 aliphatic heterocycles. The summed E-state index contributed by atoms with van der Waals surface area (Å²) in [5.41, 5.74) is 0.713. The maximum Gasteiger partial charge on any atom is 0.325 e. The van der Waals surface area contributed by atoms with Gasteiger partial charge in [0.1, 0.15) is 12.3 Å². The van der Waals surface area contributed by atoms with E-state index in [1.165, 1.54) is 6.92 Å².